The SMILES string of the molecule is Cc1cc(Br)ccc1C=CCCO. The van der Waals surface area contributed by atoms with Gasteiger partial charge in [-0.2, -0.15) is 0 Å². The minimum absolute atomic E-state index is 0.214. The van der Waals surface area contributed by atoms with E-state index in [4.69, 9.17) is 5.11 Å². The standard InChI is InChI=1S/C11H13BrO/c1-9-8-11(12)6-5-10(9)4-2-3-7-13/h2,4-6,8,13H,3,7H2,1H3. The van der Waals surface area contributed by atoms with Gasteiger partial charge in [0.15, 0.2) is 0 Å². The van der Waals surface area contributed by atoms with E-state index in [1.165, 1.54) is 11.1 Å². The summed E-state index contributed by atoms with van der Waals surface area (Å²) in [7, 11) is 0. The Morgan fingerprint density at radius 1 is 1.46 bits per heavy atom. The van der Waals surface area contributed by atoms with Gasteiger partial charge in [-0.15, -0.1) is 0 Å². The van der Waals surface area contributed by atoms with Crippen LogP contribution in [0.5, 0.6) is 0 Å². The molecule has 0 amide bonds. The topological polar surface area (TPSA) is 20.2 Å². The van der Waals surface area contributed by atoms with Crippen LogP contribution in [0.25, 0.3) is 6.08 Å². The molecule has 1 aromatic carbocycles. The molecule has 0 aliphatic carbocycles. The van der Waals surface area contributed by atoms with Crippen LogP contribution in [-0.4, -0.2) is 11.7 Å². The van der Waals surface area contributed by atoms with E-state index in [9.17, 15) is 0 Å². The third kappa shape index (κ3) is 3.33. The van der Waals surface area contributed by atoms with Gasteiger partial charge in [-0.25, -0.2) is 0 Å². The van der Waals surface area contributed by atoms with Crippen molar-refractivity contribution < 1.29 is 5.11 Å². The Kier molecular flexibility index (Phi) is 4.19. The fourth-order valence-electron chi connectivity index (χ4n) is 1.11. The molecule has 0 atom stereocenters. The Labute approximate surface area is 87.2 Å². The van der Waals surface area contributed by atoms with Crippen LogP contribution in [0.1, 0.15) is 17.5 Å². The van der Waals surface area contributed by atoms with Gasteiger partial charge in [0.05, 0.1) is 0 Å². The van der Waals surface area contributed by atoms with E-state index >= 15 is 0 Å². The van der Waals surface area contributed by atoms with Crippen LogP contribution < -0.4 is 0 Å². The molecule has 1 N–H and O–H groups in total. The first kappa shape index (κ1) is 10.5. The lowest BCUT2D eigenvalue weighted by molar-refractivity contribution is 0.303. The lowest BCUT2D eigenvalue weighted by atomic mass is 10.1. The molecular formula is C11H13BrO. The minimum Gasteiger partial charge on any atom is -0.396 e. The quantitative estimate of drug-likeness (QED) is 0.861. The Morgan fingerprint density at radius 3 is 2.85 bits per heavy atom. The van der Waals surface area contributed by atoms with Crippen LogP contribution in [0.3, 0.4) is 0 Å². The third-order valence-electron chi connectivity index (χ3n) is 1.83. The molecule has 0 spiro atoms. The van der Waals surface area contributed by atoms with Gasteiger partial charge in [0.25, 0.3) is 0 Å². The molecule has 13 heavy (non-hydrogen) atoms. The minimum atomic E-state index is 0.214. The molecule has 0 heterocycles. The van der Waals surface area contributed by atoms with Crippen molar-refractivity contribution in [2.45, 2.75) is 13.3 Å². The molecule has 70 valence electrons. The maximum absolute atomic E-state index is 8.60. The van der Waals surface area contributed by atoms with Crippen molar-refractivity contribution in [1.29, 1.82) is 0 Å². The zero-order chi connectivity index (χ0) is 9.68. The van der Waals surface area contributed by atoms with Crippen molar-refractivity contribution in [2.75, 3.05) is 6.61 Å². The third-order valence-corrected chi connectivity index (χ3v) is 2.32. The highest BCUT2D eigenvalue weighted by atomic mass is 79.9. The van der Waals surface area contributed by atoms with E-state index in [-0.39, 0.29) is 6.61 Å². The Balaban J connectivity index is 2.77. The first-order valence-corrected chi connectivity index (χ1v) is 5.07. The zero-order valence-electron chi connectivity index (χ0n) is 7.63. The molecule has 0 saturated heterocycles. The monoisotopic (exact) mass is 240 g/mol. The summed E-state index contributed by atoms with van der Waals surface area (Å²) in [4.78, 5) is 0. The molecule has 0 bridgehead atoms. The van der Waals surface area contributed by atoms with Crippen molar-refractivity contribution in [3.8, 4) is 0 Å². The molecular weight excluding hydrogens is 228 g/mol. The van der Waals surface area contributed by atoms with Gasteiger partial charge >= 0.3 is 0 Å². The average Bonchev–Trinajstić information content (AvgIpc) is 2.09. The van der Waals surface area contributed by atoms with E-state index < -0.39 is 0 Å². The van der Waals surface area contributed by atoms with Crippen LogP contribution >= 0.6 is 15.9 Å². The first-order valence-electron chi connectivity index (χ1n) is 4.27. The molecule has 0 fully saturated rings. The van der Waals surface area contributed by atoms with Gasteiger partial charge in [0, 0.05) is 11.1 Å². The fourth-order valence-corrected chi connectivity index (χ4v) is 1.59. The van der Waals surface area contributed by atoms with Crippen molar-refractivity contribution in [3.05, 3.63) is 39.9 Å². The summed E-state index contributed by atoms with van der Waals surface area (Å²) in [6, 6.07) is 6.16. The summed E-state index contributed by atoms with van der Waals surface area (Å²) in [5.74, 6) is 0. The van der Waals surface area contributed by atoms with E-state index in [1.54, 1.807) is 0 Å². The molecule has 1 nitrogen and oxygen atoms in total. The maximum Gasteiger partial charge on any atom is 0.0465 e. The second kappa shape index (κ2) is 5.20. The second-order valence-electron chi connectivity index (χ2n) is 2.92. The summed E-state index contributed by atoms with van der Waals surface area (Å²) in [5.41, 5.74) is 2.44. The molecule has 2 heteroatoms. The predicted octanol–water partition coefficient (Wildman–Crippen LogP) is 3.15. The number of halogens is 1. The molecule has 1 rings (SSSR count). The largest absolute Gasteiger partial charge is 0.396 e. The van der Waals surface area contributed by atoms with Crippen LogP contribution in [0.4, 0.5) is 0 Å². The Morgan fingerprint density at radius 2 is 2.23 bits per heavy atom. The maximum atomic E-state index is 8.60. The second-order valence-corrected chi connectivity index (χ2v) is 3.83. The number of hydrogen-bond acceptors (Lipinski definition) is 1. The van der Waals surface area contributed by atoms with Crippen LogP contribution in [0.2, 0.25) is 0 Å². The van der Waals surface area contributed by atoms with E-state index in [2.05, 4.69) is 35.0 Å². The first-order chi connectivity index (χ1) is 6.24. The molecule has 0 aromatic heterocycles. The highest BCUT2D eigenvalue weighted by Crippen LogP contribution is 2.16. The van der Waals surface area contributed by atoms with Gasteiger partial charge in [-0.05, 0) is 36.6 Å². The molecule has 0 aliphatic heterocycles. The number of rotatable bonds is 3. The molecule has 0 aliphatic rings. The van der Waals surface area contributed by atoms with Crippen LogP contribution in [0.15, 0.2) is 28.7 Å². The van der Waals surface area contributed by atoms with E-state index in [1.807, 2.05) is 18.2 Å². The smallest absolute Gasteiger partial charge is 0.0465 e. The van der Waals surface area contributed by atoms with Crippen molar-refractivity contribution in [3.63, 3.8) is 0 Å². The zero-order valence-corrected chi connectivity index (χ0v) is 9.21. The van der Waals surface area contributed by atoms with Gasteiger partial charge < -0.3 is 5.11 Å². The Hall–Kier alpha value is -0.600. The highest BCUT2D eigenvalue weighted by Gasteiger charge is 1.93. The number of aryl methyl sites for hydroxylation is 1. The molecule has 0 saturated carbocycles. The number of benzene rings is 1. The van der Waals surface area contributed by atoms with Crippen LogP contribution in [0, 0.1) is 6.92 Å². The summed E-state index contributed by atoms with van der Waals surface area (Å²) in [6.07, 6.45) is 4.74. The summed E-state index contributed by atoms with van der Waals surface area (Å²) < 4.78 is 1.10. The normalized spacial score (nSPS) is 11.0. The van der Waals surface area contributed by atoms with Crippen molar-refractivity contribution in [1.82, 2.24) is 0 Å². The van der Waals surface area contributed by atoms with E-state index in [0.717, 1.165) is 10.9 Å². The number of aliphatic hydroxyl groups is 1. The summed E-state index contributed by atoms with van der Waals surface area (Å²) >= 11 is 3.41. The van der Waals surface area contributed by atoms with Gasteiger partial charge in [0.2, 0.25) is 0 Å². The van der Waals surface area contributed by atoms with E-state index in [0.29, 0.717) is 0 Å². The fraction of sp³-hybridized carbons (Fsp3) is 0.273. The molecule has 0 radical (unpaired) electrons. The van der Waals surface area contributed by atoms with Gasteiger partial charge in [-0.1, -0.05) is 34.1 Å². The average molecular weight is 241 g/mol. The lowest BCUT2D eigenvalue weighted by Gasteiger charge is -2.00. The highest BCUT2D eigenvalue weighted by molar-refractivity contribution is 9.10. The summed E-state index contributed by atoms with van der Waals surface area (Å²) in [6.45, 7) is 2.29. The predicted molar refractivity (Wildman–Crippen MR) is 59.6 cm³/mol. The number of hydrogen-bond donors (Lipinski definition) is 1. The van der Waals surface area contributed by atoms with Crippen molar-refractivity contribution in [2.24, 2.45) is 0 Å². The molecule has 0 unspecified atom stereocenters. The van der Waals surface area contributed by atoms with Gasteiger partial charge in [0.1, 0.15) is 0 Å². The van der Waals surface area contributed by atoms with Gasteiger partial charge in [-0.3, -0.25) is 0 Å². The van der Waals surface area contributed by atoms with Crippen molar-refractivity contribution >= 4 is 22.0 Å². The summed E-state index contributed by atoms with van der Waals surface area (Å²) in [5, 5.41) is 8.60. The number of aliphatic hydroxyl groups excluding tert-OH is 1. The molecule has 1 aromatic rings. The van der Waals surface area contributed by atoms with Crippen LogP contribution in [-0.2, 0) is 0 Å². The lowest BCUT2D eigenvalue weighted by Crippen LogP contribution is -1.81. The Bertz CT molecular complexity index is 305.